The molecule has 0 amide bonds. The Hall–Kier alpha value is -0.850. The molecule has 1 unspecified atom stereocenters. The normalized spacial score (nSPS) is 21.7. The van der Waals surface area contributed by atoms with Gasteiger partial charge in [0.05, 0.1) is 11.9 Å². The molecule has 1 heterocycles. The Morgan fingerprint density at radius 3 is 2.85 bits per heavy atom. The van der Waals surface area contributed by atoms with Crippen LogP contribution in [0.2, 0.25) is 0 Å². The van der Waals surface area contributed by atoms with E-state index in [1.54, 1.807) is 6.92 Å². The zero-order valence-electron chi connectivity index (χ0n) is 12.4. The second-order valence-corrected chi connectivity index (χ2v) is 8.22. The number of fused-ring (bicyclic) bond motifs is 1. The maximum Gasteiger partial charge on any atom is 0.213 e. The van der Waals surface area contributed by atoms with E-state index in [9.17, 15) is 13.5 Å². The molecule has 1 aliphatic rings. The summed E-state index contributed by atoms with van der Waals surface area (Å²) in [5.74, 6) is 0.0679. The van der Waals surface area contributed by atoms with Gasteiger partial charge in [0, 0.05) is 30.5 Å². The van der Waals surface area contributed by atoms with Crippen LogP contribution in [0.1, 0.15) is 44.6 Å². The number of sulfonamides is 1. The molecule has 0 aliphatic heterocycles. The third kappa shape index (κ3) is 3.42. The van der Waals surface area contributed by atoms with Crippen molar-refractivity contribution < 1.29 is 13.5 Å². The summed E-state index contributed by atoms with van der Waals surface area (Å²) in [5, 5.41) is 10.2. The molecule has 2 rings (SSSR count). The fourth-order valence-electron chi connectivity index (χ4n) is 2.91. The van der Waals surface area contributed by atoms with Gasteiger partial charge in [0.1, 0.15) is 0 Å². The minimum atomic E-state index is -3.21. The van der Waals surface area contributed by atoms with Gasteiger partial charge >= 0.3 is 0 Å². The molecule has 0 saturated heterocycles. The lowest BCUT2D eigenvalue weighted by Crippen LogP contribution is -2.30. The maximum atomic E-state index is 11.7. The molecule has 0 aromatic carbocycles. The molecule has 2 N–H and O–H groups in total. The SMILES string of the molecule is CCNS(=O)(=O)CCn1ccc2c1CC(C)(C)CC2O. The molecule has 114 valence electrons. The van der Waals surface area contributed by atoms with E-state index in [2.05, 4.69) is 18.6 Å². The highest BCUT2D eigenvalue weighted by molar-refractivity contribution is 7.89. The molecular weight excluding hydrogens is 276 g/mol. The minimum Gasteiger partial charge on any atom is -0.388 e. The van der Waals surface area contributed by atoms with Crippen LogP contribution in [0.5, 0.6) is 0 Å². The predicted molar refractivity (Wildman–Crippen MR) is 79.0 cm³/mol. The molecule has 1 aromatic heterocycles. The van der Waals surface area contributed by atoms with E-state index in [4.69, 9.17) is 0 Å². The molecule has 1 aliphatic carbocycles. The van der Waals surface area contributed by atoms with Crippen molar-refractivity contribution in [3.8, 4) is 0 Å². The van der Waals surface area contributed by atoms with E-state index in [0.29, 0.717) is 13.1 Å². The smallest absolute Gasteiger partial charge is 0.213 e. The number of hydrogen-bond donors (Lipinski definition) is 2. The summed E-state index contributed by atoms with van der Waals surface area (Å²) in [6.45, 7) is 6.87. The fraction of sp³-hybridized carbons (Fsp3) is 0.714. The topological polar surface area (TPSA) is 71.3 Å². The van der Waals surface area contributed by atoms with Crippen LogP contribution in [-0.4, -0.2) is 30.4 Å². The number of aromatic nitrogens is 1. The Balaban J connectivity index is 2.16. The maximum absolute atomic E-state index is 11.7. The molecule has 20 heavy (non-hydrogen) atoms. The molecular formula is C14H24N2O3S. The zero-order valence-corrected chi connectivity index (χ0v) is 13.2. The van der Waals surface area contributed by atoms with E-state index in [1.807, 2.05) is 16.8 Å². The Kier molecular flexibility index (Phi) is 4.27. The summed E-state index contributed by atoms with van der Waals surface area (Å²) in [6.07, 6.45) is 3.06. The molecule has 1 atom stereocenters. The van der Waals surface area contributed by atoms with Gasteiger partial charge in [0.25, 0.3) is 0 Å². The lowest BCUT2D eigenvalue weighted by molar-refractivity contribution is 0.0980. The van der Waals surface area contributed by atoms with Crippen LogP contribution in [0.3, 0.4) is 0 Å². The Labute approximate surface area is 121 Å². The first-order chi connectivity index (χ1) is 9.24. The van der Waals surface area contributed by atoms with E-state index in [1.165, 1.54) is 0 Å². The van der Waals surface area contributed by atoms with Crippen LogP contribution >= 0.6 is 0 Å². The summed E-state index contributed by atoms with van der Waals surface area (Å²) in [7, 11) is -3.21. The standard InChI is InChI=1S/C14H24N2O3S/c1-4-15-20(18,19)8-7-16-6-5-11-12(16)9-14(2,3)10-13(11)17/h5-6,13,15,17H,4,7-10H2,1-3H3. The molecule has 0 bridgehead atoms. The quantitative estimate of drug-likeness (QED) is 0.864. The largest absolute Gasteiger partial charge is 0.388 e. The van der Waals surface area contributed by atoms with Crippen LogP contribution < -0.4 is 4.72 Å². The molecule has 6 heteroatoms. The van der Waals surface area contributed by atoms with Crippen LogP contribution in [0.15, 0.2) is 12.3 Å². The van der Waals surface area contributed by atoms with Crippen LogP contribution in [-0.2, 0) is 23.0 Å². The van der Waals surface area contributed by atoms with E-state index >= 15 is 0 Å². The summed E-state index contributed by atoms with van der Waals surface area (Å²) >= 11 is 0. The third-order valence-electron chi connectivity index (χ3n) is 3.83. The van der Waals surface area contributed by atoms with Crippen LogP contribution in [0.4, 0.5) is 0 Å². The Bertz CT molecular complexity index is 575. The molecule has 0 saturated carbocycles. The number of aryl methyl sites for hydroxylation is 1. The fourth-order valence-corrected chi connectivity index (χ4v) is 3.93. The first-order valence-electron chi connectivity index (χ1n) is 7.07. The van der Waals surface area contributed by atoms with Gasteiger partial charge in [-0.05, 0) is 24.3 Å². The number of aliphatic hydroxyl groups excluding tert-OH is 1. The van der Waals surface area contributed by atoms with Crippen molar-refractivity contribution in [2.45, 2.75) is 46.3 Å². The summed E-state index contributed by atoms with van der Waals surface area (Å²) in [4.78, 5) is 0. The van der Waals surface area contributed by atoms with Gasteiger partial charge in [-0.2, -0.15) is 0 Å². The summed E-state index contributed by atoms with van der Waals surface area (Å²) in [5.41, 5.74) is 2.06. The van der Waals surface area contributed by atoms with Crippen LogP contribution in [0, 0.1) is 5.41 Å². The second kappa shape index (κ2) is 5.50. The zero-order chi connectivity index (χ0) is 15.0. The first-order valence-corrected chi connectivity index (χ1v) is 8.72. The predicted octanol–water partition coefficient (Wildman–Crippen LogP) is 1.43. The van der Waals surface area contributed by atoms with Crippen molar-refractivity contribution in [2.75, 3.05) is 12.3 Å². The molecule has 1 aromatic rings. The van der Waals surface area contributed by atoms with Crippen molar-refractivity contribution in [3.63, 3.8) is 0 Å². The van der Waals surface area contributed by atoms with Gasteiger partial charge in [-0.3, -0.25) is 0 Å². The lowest BCUT2D eigenvalue weighted by atomic mass is 9.75. The van der Waals surface area contributed by atoms with E-state index in [0.717, 1.165) is 24.1 Å². The first kappa shape index (κ1) is 15.5. The monoisotopic (exact) mass is 300 g/mol. The van der Waals surface area contributed by atoms with Gasteiger partial charge in [0.2, 0.25) is 10.0 Å². The number of hydrogen-bond acceptors (Lipinski definition) is 3. The number of nitrogens with zero attached hydrogens (tertiary/aromatic N) is 1. The van der Waals surface area contributed by atoms with Gasteiger partial charge in [-0.15, -0.1) is 0 Å². The third-order valence-corrected chi connectivity index (χ3v) is 5.28. The molecule has 0 fully saturated rings. The summed E-state index contributed by atoms with van der Waals surface area (Å²) in [6, 6.07) is 1.91. The van der Waals surface area contributed by atoms with Crippen molar-refractivity contribution >= 4 is 10.0 Å². The minimum absolute atomic E-state index is 0.0447. The molecule has 5 nitrogen and oxygen atoms in total. The highest BCUT2D eigenvalue weighted by Crippen LogP contribution is 2.40. The highest BCUT2D eigenvalue weighted by atomic mass is 32.2. The Morgan fingerprint density at radius 1 is 1.50 bits per heavy atom. The second-order valence-electron chi connectivity index (χ2n) is 6.29. The number of aliphatic hydroxyl groups is 1. The van der Waals surface area contributed by atoms with Gasteiger partial charge < -0.3 is 9.67 Å². The van der Waals surface area contributed by atoms with Crippen molar-refractivity contribution in [2.24, 2.45) is 5.41 Å². The average molecular weight is 300 g/mol. The van der Waals surface area contributed by atoms with E-state index in [-0.39, 0.29) is 11.2 Å². The van der Waals surface area contributed by atoms with Crippen molar-refractivity contribution in [1.29, 1.82) is 0 Å². The van der Waals surface area contributed by atoms with Gasteiger partial charge in [-0.1, -0.05) is 20.8 Å². The van der Waals surface area contributed by atoms with Gasteiger partial charge in [-0.25, -0.2) is 13.1 Å². The lowest BCUT2D eigenvalue weighted by Gasteiger charge is -2.34. The van der Waals surface area contributed by atoms with E-state index < -0.39 is 16.1 Å². The Morgan fingerprint density at radius 2 is 2.20 bits per heavy atom. The van der Waals surface area contributed by atoms with Crippen molar-refractivity contribution in [3.05, 3.63) is 23.5 Å². The summed E-state index contributed by atoms with van der Waals surface area (Å²) < 4.78 is 27.9. The highest BCUT2D eigenvalue weighted by Gasteiger charge is 2.33. The van der Waals surface area contributed by atoms with Crippen LogP contribution in [0.25, 0.3) is 0 Å². The van der Waals surface area contributed by atoms with Gasteiger partial charge in [0.15, 0.2) is 0 Å². The average Bonchev–Trinajstić information content (AvgIpc) is 2.68. The number of rotatable bonds is 5. The number of nitrogens with one attached hydrogen (secondary N) is 1. The molecule has 0 radical (unpaired) electrons. The molecule has 0 spiro atoms. The van der Waals surface area contributed by atoms with Crippen molar-refractivity contribution in [1.82, 2.24) is 9.29 Å².